The van der Waals surface area contributed by atoms with E-state index in [-0.39, 0.29) is 5.69 Å². The Morgan fingerprint density at radius 3 is 2.19 bits per heavy atom. The second-order valence-electron chi connectivity index (χ2n) is 4.49. The zero-order valence-corrected chi connectivity index (χ0v) is 11.1. The molecule has 0 aliphatic rings. The molecule has 2 aromatic rings. The van der Waals surface area contributed by atoms with Crippen molar-refractivity contribution in [2.75, 3.05) is 17.7 Å². The summed E-state index contributed by atoms with van der Waals surface area (Å²) in [5.41, 5.74) is 6.67. The molecule has 2 N–H and O–H groups in total. The number of nitriles is 1. The van der Waals surface area contributed by atoms with Crippen molar-refractivity contribution < 1.29 is 13.2 Å². The SMILES string of the molecule is CN(c1ccc(C#N)cc1)c1ccc(C(F)(F)F)cc1N. The number of anilines is 3. The first-order chi connectivity index (χ1) is 9.82. The molecule has 0 aliphatic carbocycles. The molecule has 0 radical (unpaired) electrons. The molecule has 0 atom stereocenters. The largest absolute Gasteiger partial charge is 0.416 e. The molecule has 0 heterocycles. The molecule has 2 aromatic carbocycles. The molecular weight excluding hydrogens is 279 g/mol. The minimum atomic E-state index is -4.42. The van der Waals surface area contributed by atoms with Gasteiger partial charge in [0.15, 0.2) is 0 Å². The number of hydrogen-bond donors (Lipinski definition) is 1. The summed E-state index contributed by atoms with van der Waals surface area (Å²) in [6.45, 7) is 0. The molecule has 0 aromatic heterocycles. The molecular formula is C15H12F3N3. The highest BCUT2D eigenvalue weighted by molar-refractivity contribution is 5.75. The van der Waals surface area contributed by atoms with Crippen LogP contribution in [0.1, 0.15) is 11.1 Å². The highest BCUT2D eigenvalue weighted by Gasteiger charge is 2.31. The fraction of sp³-hybridized carbons (Fsp3) is 0.133. The van der Waals surface area contributed by atoms with Crippen LogP contribution in [0.2, 0.25) is 0 Å². The first-order valence-electron chi connectivity index (χ1n) is 6.03. The van der Waals surface area contributed by atoms with Crippen LogP contribution in [0, 0.1) is 11.3 Å². The fourth-order valence-corrected chi connectivity index (χ4v) is 1.93. The summed E-state index contributed by atoms with van der Waals surface area (Å²) in [6, 6.07) is 11.9. The van der Waals surface area contributed by atoms with Gasteiger partial charge in [-0.3, -0.25) is 0 Å². The number of halogens is 3. The molecule has 0 fully saturated rings. The molecule has 0 unspecified atom stereocenters. The van der Waals surface area contributed by atoms with Crippen LogP contribution in [0.5, 0.6) is 0 Å². The van der Waals surface area contributed by atoms with Crippen molar-refractivity contribution in [2.45, 2.75) is 6.18 Å². The fourth-order valence-electron chi connectivity index (χ4n) is 1.93. The standard InChI is InChI=1S/C15H12F3N3/c1-21(12-5-2-10(9-19)3-6-12)14-7-4-11(8-13(14)20)15(16,17)18/h2-8H,20H2,1H3. The van der Waals surface area contributed by atoms with E-state index >= 15 is 0 Å². The molecule has 0 saturated carbocycles. The van der Waals surface area contributed by atoms with Crippen LogP contribution in [-0.4, -0.2) is 7.05 Å². The lowest BCUT2D eigenvalue weighted by Gasteiger charge is -2.22. The molecule has 0 amide bonds. The second kappa shape index (κ2) is 5.37. The van der Waals surface area contributed by atoms with Crippen molar-refractivity contribution in [3.63, 3.8) is 0 Å². The van der Waals surface area contributed by atoms with Gasteiger partial charge in [0.05, 0.1) is 28.6 Å². The van der Waals surface area contributed by atoms with E-state index in [2.05, 4.69) is 0 Å². The monoisotopic (exact) mass is 291 g/mol. The maximum absolute atomic E-state index is 12.6. The molecule has 6 heteroatoms. The Morgan fingerprint density at radius 1 is 1.10 bits per heavy atom. The van der Waals surface area contributed by atoms with Crippen molar-refractivity contribution in [3.05, 3.63) is 53.6 Å². The summed E-state index contributed by atoms with van der Waals surface area (Å²) in [7, 11) is 1.69. The Morgan fingerprint density at radius 2 is 1.71 bits per heavy atom. The van der Waals surface area contributed by atoms with Crippen molar-refractivity contribution in [3.8, 4) is 6.07 Å². The maximum atomic E-state index is 12.6. The van der Waals surface area contributed by atoms with Crippen molar-refractivity contribution >= 4 is 17.1 Å². The van der Waals surface area contributed by atoms with Gasteiger partial charge in [-0.15, -0.1) is 0 Å². The van der Waals surface area contributed by atoms with Crippen LogP contribution in [0.3, 0.4) is 0 Å². The Balaban J connectivity index is 2.35. The normalized spacial score (nSPS) is 11.0. The number of hydrogen-bond acceptors (Lipinski definition) is 3. The molecule has 0 spiro atoms. The van der Waals surface area contributed by atoms with E-state index in [0.29, 0.717) is 11.3 Å². The van der Waals surface area contributed by atoms with E-state index in [1.165, 1.54) is 6.07 Å². The van der Waals surface area contributed by atoms with E-state index < -0.39 is 11.7 Å². The third kappa shape index (κ3) is 3.08. The second-order valence-corrected chi connectivity index (χ2v) is 4.49. The van der Waals surface area contributed by atoms with Crippen LogP contribution < -0.4 is 10.6 Å². The Labute approximate surface area is 120 Å². The summed E-state index contributed by atoms with van der Waals surface area (Å²) in [5.74, 6) is 0. The van der Waals surface area contributed by atoms with Crippen LogP contribution in [-0.2, 0) is 6.18 Å². The maximum Gasteiger partial charge on any atom is 0.416 e. The summed E-state index contributed by atoms with van der Waals surface area (Å²) in [5, 5.41) is 8.74. The summed E-state index contributed by atoms with van der Waals surface area (Å²) < 4.78 is 37.8. The Hall–Kier alpha value is -2.68. The predicted molar refractivity (Wildman–Crippen MR) is 75.1 cm³/mol. The molecule has 2 rings (SSSR count). The zero-order valence-electron chi connectivity index (χ0n) is 11.1. The first kappa shape index (κ1) is 14.7. The van der Waals surface area contributed by atoms with Gasteiger partial charge in [0, 0.05) is 12.7 Å². The van der Waals surface area contributed by atoms with Crippen LogP contribution in [0.15, 0.2) is 42.5 Å². The highest BCUT2D eigenvalue weighted by atomic mass is 19.4. The lowest BCUT2D eigenvalue weighted by Crippen LogP contribution is -2.13. The van der Waals surface area contributed by atoms with E-state index in [1.807, 2.05) is 6.07 Å². The first-order valence-corrected chi connectivity index (χ1v) is 6.03. The van der Waals surface area contributed by atoms with Gasteiger partial charge < -0.3 is 10.6 Å². The van der Waals surface area contributed by atoms with Gasteiger partial charge in [0.2, 0.25) is 0 Å². The van der Waals surface area contributed by atoms with Crippen molar-refractivity contribution in [1.82, 2.24) is 0 Å². The molecule has 0 aliphatic heterocycles. The number of rotatable bonds is 2. The number of nitrogen functional groups attached to an aromatic ring is 1. The summed E-state index contributed by atoms with van der Waals surface area (Å²) in [4.78, 5) is 1.66. The molecule has 3 nitrogen and oxygen atoms in total. The van der Waals surface area contributed by atoms with Crippen LogP contribution in [0.4, 0.5) is 30.2 Å². The van der Waals surface area contributed by atoms with Gasteiger partial charge in [0.25, 0.3) is 0 Å². The third-order valence-electron chi connectivity index (χ3n) is 3.10. The van der Waals surface area contributed by atoms with Gasteiger partial charge >= 0.3 is 6.18 Å². The smallest absolute Gasteiger partial charge is 0.397 e. The third-order valence-corrected chi connectivity index (χ3v) is 3.10. The van der Waals surface area contributed by atoms with E-state index in [1.54, 1.807) is 36.2 Å². The molecule has 0 bridgehead atoms. The average molecular weight is 291 g/mol. The number of benzene rings is 2. The summed E-state index contributed by atoms with van der Waals surface area (Å²) in [6.07, 6.45) is -4.42. The highest BCUT2D eigenvalue weighted by Crippen LogP contribution is 2.35. The van der Waals surface area contributed by atoms with Gasteiger partial charge in [-0.2, -0.15) is 18.4 Å². The van der Waals surface area contributed by atoms with E-state index in [9.17, 15) is 13.2 Å². The molecule has 0 saturated heterocycles. The predicted octanol–water partition coefficient (Wildman–Crippen LogP) is 3.93. The Bertz CT molecular complexity index is 685. The van der Waals surface area contributed by atoms with Gasteiger partial charge in [0.1, 0.15) is 0 Å². The van der Waals surface area contributed by atoms with Gasteiger partial charge in [-0.1, -0.05) is 0 Å². The summed E-state index contributed by atoms with van der Waals surface area (Å²) >= 11 is 0. The zero-order chi connectivity index (χ0) is 15.6. The topological polar surface area (TPSA) is 53.0 Å². The van der Waals surface area contributed by atoms with Crippen molar-refractivity contribution in [2.24, 2.45) is 0 Å². The average Bonchev–Trinajstić information content (AvgIpc) is 2.45. The van der Waals surface area contributed by atoms with Crippen LogP contribution in [0.25, 0.3) is 0 Å². The van der Waals surface area contributed by atoms with Crippen LogP contribution >= 0.6 is 0 Å². The Kier molecular flexibility index (Phi) is 3.76. The molecule has 21 heavy (non-hydrogen) atoms. The quantitative estimate of drug-likeness (QED) is 0.853. The minimum Gasteiger partial charge on any atom is -0.397 e. The van der Waals surface area contributed by atoms with Crippen molar-refractivity contribution in [1.29, 1.82) is 5.26 Å². The molecule has 108 valence electrons. The number of alkyl halides is 3. The number of nitrogens with zero attached hydrogens (tertiary/aromatic N) is 2. The van der Waals surface area contributed by atoms with E-state index in [0.717, 1.165) is 17.8 Å². The lowest BCUT2D eigenvalue weighted by atomic mass is 10.1. The lowest BCUT2D eigenvalue weighted by molar-refractivity contribution is -0.137. The minimum absolute atomic E-state index is 0.0386. The van der Waals surface area contributed by atoms with Gasteiger partial charge in [-0.25, -0.2) is 0 Å². The number of nitrogens with two attached hydrogens (primary N) is 1. The van der Waals surface area contributed by atoms with Gasteiger partial charge in [-0.05, 0) is 42.5 Å². The van der Waals surface area contributed by atoms with E-state index in [4.69, 9.17) is 11.0 Å².